The highest BCUT2D eigenvalue weighted by molar-refractivity contribution is 6.42. The molecule has 1 N–H and O–H groups in total. The molecule has 2 unspecified atom stereocenters. The Morgan fingerprint density at radius 1 is 1.39 bits per heavy atom. The van der Waals surface area contributed by atoms with Crippen LogP contribution >= 0.6 is 23.2 Å². The second-order valence-electron chi connectivity index (χ2n) is 5.14. The summed E-state index contributed by atoms with van der Waals surface area (Å²) in [6.45, 7) is 4.23. The van der Waals surface area contributed by atoms with Gasteiger partial charge < -0.3 is 10.2 Å². The van der Waals surface area contributed by atoms with Crippen LogP contribution in [0.15, 0.2) is 18.2 Å². The van der Waals surface area contributed by atoms with Gasteiger partial charge in [-0.2, -0.15) is 0 Å². The minimum absolute atomic E-state index is 0.575. The fourth-order valence-corrected chi connectivity index (χ4v) is 2.80. The van der Waals surface area contributed by atoms with Crippen molar-refractivity contribution in [3.63, 3.8) is 0 Å². The molecule has 1 fully saturated rings. The van der Waals surface area contributed by atoms with E-state index in [4.69, 9.17) is 23.2 Å². The SMILES string of the molecule is CC1CC(NCc2cccc(Cl)c2Cl)CCN1C. The monoisotopic (exact) mass is 286 g/mol. The molecule has 0 saturated carbocycles. The van der Waals surface area contributed by atoms with Gasteiger partial charge in [-0.05, 0) is 45.0 Å². The second kappa shape index (κ2) is 6.25. The third-order valence-electron chi connectivity index (χ3n) is 3.82. The molecular weight excluding hydrogens is 267 g/mol. The molecule has 1 aromatic rings. The van der Waals surface area contributed by atoms with Crippen LogP contribution in [0, 0.1) is 0 Å². The molecule has 18 heavy (non-hydrogen) atoms. The van der Waals surface area contributed by atoms with E-state index in [9.17, 15) is 0 Å². The predicted molar refractivity (Wildman–Crippen MR) is 78.4 cm³/mol. The molecule has 2 atom stereocenters. The Morgan fingerprint density at radius 3 is 2.89 bits per heavy atom. The standard InChI is InChI=1S/C14H20Cl2N2/c1-10-8-12(6-7-18(10)2)17-9-11-4-3-5-13(15)14(11)16/h3-5,10,12,17H,6-9H2,1-2H3. The van der Waals surface area contributed by atoms with Crippen molar-refractivity contribution in [2.45, 2.75) is 38.4 Å². The smallest absolute Gasteiger partial charge is 0.0637 e. The summed E-state index contributed by atoms with van der Waals surface area (Å²) in [6.07, 6.45) is 2.38. The highest BCUT2D eigenvalue weighted by atomic mass is 35.5. The zero-order valence-electron chi connectivity index (χ0n) is 10.9. The molecule has 0 radical (unpaired) electrons. The largest absolute Gasteiger partial charge is 0.310 e. The molecule has 0 aliphatic carbocycles. The molecule has 100 valence electrons. The molecule has 2 rings (SSSR count). The number of hydrogen-bond donors (Lipinski definition) is 1. The van der Waals surface area contributed by atoms with E-state index in [1.54, 1.807) is 0 Å². The lowest BCUT2D eigenvalue weighted by Crippen LogP contribution is -2.45. The van der Waals surface area contributed by atoms with Crippen LogP contribution in [0.1, 0.15) is 25.3 Å². The van der Waals surface area contributed by atoms with Crippen LogP contribution in [0.5, 0.6) is 0 Å². The Balaban J connectivity index is 1.90. The third kappa shape index (κ3) is 3.39. The van der Waals surface area contributed by atoms with Crippen molar-refractivity contribution in [3.05, 3.63) is 33.8 Å². The van der Waals surface area contributed by atoms with Gasteiger partial charge in [-0.15, -0.1) is 0 Å². The zero-order valence-corrected chi connectivity index (χ0v) is 12.4. The fraction of sp³-hybridized carbons (Fsp3) is 0.571. The minimum atomic E-state index is 0.575. The van der Waals surface area contributed by atoms with Crippen molar-refractivity contribution in [3.8, 4) is 0 Å². The zero-order chi connectivity index (χ0) is 13.1. The summed E-state index contributed by atoms with van der Waals surface area (Å²) in [5, 5.41) is 4.89. The summed E-state index contributed by atoms with van der Waals surface area (Å²) in [7, 11) is 2.19. The first kappa shape index (κ1) is 14.1. The van der Waals surface area contributed by atoms with Crippen molar-refractivity contribution in [1.82, 2.24) is 10.2 Å². The molecule has 2 nitrogen and oxygen atoms in total. The first-order valence-corrected chi connectivity index (χ1v) is 7.20. The molecule has 1 aliphatic heterocycles. The van der Waals surface area contributed by atoms with Crippen molar-refractivity contribution in [2.75, 3.05) is 13.6 Å². The van der Waals surface area contributed by atoms with Gasteiger partial charge in [0.05, 0.1) is 10.0 Å². The molecule has 0 aromatic heterocycles. The second-order valence-corrected chi connectivity index (χ2v) is 5.93. The van der Waals surface area contributed by atoms with E-state index in [-0.39, 0.29) is 0 Å². The average Bonchev–Trinajstić information content (AvgIpc) is 2.35. The maximum atomic E-state index is 6.18. The van der Waals surface area contributed by atoms with E-state index in [0.717, 1.165) is 18.7 Å². The van der Waals surface area contributed by atoms with Crippen LogP contribution in [0.4, 0.5) is 0 Å². The number of piperidine rings is 1. The van der Waals surface area contributed by atoms with Crippen molar-refractivity contribution in [1.29, 1.82) is 0 Å². The van der Waals surface area contributed by atoms with Crippen LogP contribution in [0.2, 0.25) is 10.0 Å². The summed E-state index contributed by atoms with van der Waals surface area (Å²) < 4.78 is 0. The number of benzene rings is 1. The van der Waals surface area contributed by atoms with E-state index in [1.807, 2.05) is 18.2 Å². The van der Waals surface area contributed by atoms with Crippen LogP contribution in [0.25, 0.3) is 0 Å². The molecule has 0 spiro atoms. The van der Waals surface area contributed by atoms with Crippen LogP contribution in [-0.2, 0) is 6.54 Å². The van der Waals surface area contributed by atoms with Gasteiger partial charge in [0.15, 0.2) is 0 Å². The Bertz CT molecular complexity index is 409. The van der Waals surface area contributed by atoms with Gasteiger partial charge in [-0.3, -0.25) is 0 Å². The van der Waals surface area contributed by atoms with Crippen molar-refractivity contribution in [2.24, 2.45) is 0 Å². The quantitative estimate of drug-likeness (QED) is 0.914. The van der Waals surface area contributed by atoms with Gasteiger partial charge in [0, 0.05) is 18.6 Å². The lowest BCUT2D eigenvalue weighted by Gasteiger charge is -2.35. The number of nitrogens with one attached hydrogen (secondary N) is 1. The number of rotatable bonds is 3. The van der Waals surface area contributed by atoms with Gasteiger partial charge in [0.25, 0.3) is 0 Å². The first-order chi connectivity index (χ1) is 8.58. The maximum absolute atomic E-state index is 6.18. The fourth-order valence-electron chi connectivity index (χ4n) is 2.41. The normalized spacial score (nSPS) is 25.3. The molecular formula is C14H20Cl2N2. The number of hydrogen-bond acceptors (Lipinski definition) is 2. The van der Waals surface area contributed by atoms with E-state index in [2.05, 4.69) is 24.2 Å². The van der Waals surface area contributed by atoms with Gasteiger partial charge in [-0.25, -0.2) is 0 Å². The number of halogens is 2. The Morgan fingerprint density at radius 2 is 2.17 bits per heavy atom. The summed E-state index contributed by atoms with van der Waals surface area (Å²) >= 11 is 12.2. The average molecular weight is 287 g/mol. The maximum Gasteiger partial charge on any atom is 0.0637 e. The molecule has 1 aromatic carbocycles. The van der Waals surface area contributed by atoms with E-state index < -0.39 is 0 Å². The van der Waals surface area contributed by atoms with Crippen LogP contribution in [0.3, 0.4) is 0 Å². The molecule has 4 heteroatoms. The third-order valence-corrected chi connectivity index (χ3v) is 4.68. The summed E-state index contributed by atoms with van der Waals surface area (Å²) in [4.78, 5) is 2.41. The lowest BCUT2D eigenvalue weighted by molar-refractivity contribution is 0.168. The van der Waals surface area contributed by atoms with Crippen molar-refractivity contribution < 1.29 is 0 Å². The number of likely N-dealkylation sites (tertiary alicyclic amines) is 1. The van der Waals surface area contributed by atoms with E-state index in [1.165, 1.54) is 12.8 Å². The molecule has 1 heterocycles. The topological polar surface area (TPSA) is 15.3 Å². The summed E-state index contributed by atoms with van der Waals surface area (Å²) in [5.41, 5.74) is 1.08. The van der Waals surface area contributed by atoms with Gasteiger partial charge in [0.2, 0.25) is 0 Å². The number of nitrogens with zero attached hydrogens (tertiary/aromatic N) is 1. The Hall–Kier alpha value is -0.280. The lowest BCUT2D eigenvalue weighted by atomic mass is 9.99. The highest BCUT2D eigenvalue weighted by Gasteiger charge is 2.22. The van der Waals surface area contributed by atoms with Gasteiger partial charge in [-0.1, -0.05) is 35.3 Å². The summed E-state index contributed by atoms with van der Waals surface area (Å²) in [6, 6.07) is 7.02. The molecule has 1 saturated heterocycles. The molecule has 0 bridgehead atoms. The van der Waals surface area contributed by atoms with Gasteiger partial charge >= 0.3 is 0 Å². The van der Waals surface area contributed by atoms with E-state index in [0.29, 0.717) is 22.1 Å². The molecule has 0 amide bonds. The Kier molecular flexibility index (Phi) is 4.91. The van der Waals surface area contributed by atoms with Gasteiger partial charge in [0.1, 0.15) is 0 Å². The highest BCUT2D eigenvalue weighted by Crippen LogP contribution is 2.25. The van der Waals surface area contributed by atoms with Crippen LogP contribution < -0.4 is 5.32 Å². The predicted octanol–water partition coefficient (Wildman–Crippen LogP) is 3.57. The minimum Gasteiger partial charge on any atom is -0.310 e. The van der Waals surface area contributed by atoms with E-state index >= 15 is 0 Å². The molecule has 1 aliphatic rings. The first-order valence-electron chi connectivity index (χ1n) is 6.44. The summed E-state index contributed by atoms with van der Waals surface area (Å²) in [5.74, 6) is 0. The Labute approximate surface area is 119 Å². The van der Waals surface area contributed by atoms with Crippen molar-refractivity contribution >= 4 is 23.2 Å². The van der Waals surface area contributed by atoms with Crippen LogP contribution in [-0.4, -0.2) is 30.6 Å².